The van der Waals surface area contributed by atoms with Gasteiger partial charge < -0.3 is 0 Å². The zero-order chi connectivity index (χ0) is 9.19. The van der Waals surface area contributed by atoms with Gasteiger partial charge in [-0.3, -0.25) is 0 Å². The van der Waals surface area contributed by atoms with E-state index < -0.39 is 0 Å². The van der Waals surface area contributed by atoms with Gasteiger partial charge in [0.25, 0.3) is 0 Å². The summed E-state index contributed by atoms with van der Waals surface area (Å²) < 4.78 is 0. The van der Waals surface area contributed by atoms with Crippen molar-refractivity contribution in [2.75, 3.05) is 0 Å². The monoisotopic (exact) mass is 161 g/mol. The van der Waals surface area contributed by atoms with Gasteiger partial charge in [-0.1, -0.05) is 32.9 Å². The third kappa shape index (κ3) is 1.98. The molecule has 1 aliphatic rings. The maximum absolute atomic E-state index is 8.61. The van der Waals surface area contributed by atoms with Gasteiger partial charge in [-0.25, -0.2) is 0 Å². The van der Waals surface area contributed by atoms with Gasteiger partial charge in [0.05, 0.1) is 6.07 Å². The van der Waals surface area contributed by atoms with Crippen LogP contribution in [0, 0.1) is 22.7 Å². The molecule has 0 saturated carbocycles. The number of allylic oxidation sites excluding steroid dienone is 4. The van der Waals surface area contributed by atoms with Crippen molar-refractivity contribution >= 4 is 0 Å². The molecule has 0 aromatic rings. The van der Waals surface area contributed by atoms with Crippen molar-refractivity contribution < 1.29 is 0 Å². The van der Waals surface area contributed by atoms with Crippen LogP contribution in [0.3, 0.4) is 0 Å². The first-order valence-electron chi connectivity index (χ1n) is 4.32. The Hall–Kier alpha value is -1.03. The van der Waals surface area contributed by atoms with E-state index in [4.69, 9.17) is 5.26 Å². The smallest absolute Gasteiger partial charge is 0.0988 e. The van der Waals surface area contributed by atoms with E-state index in [2.05, 4.69) is 32.9 Å². The molecule has 0 heterocycles. The second-order valence-corrected chi connectivity index (χ2v) is 4.34. The molecule has 0 aliphatic heterocycles. The number of hydrogen-bond acceptors (Lipinski definition) is 1. The summed E-state index contributed by atoms with van der Waals surface area (Å²) in [6.07, 6.45) is 7.11. The lowest BCUT2D eigenvalue weighted by atomic mass is 9.76. The Morgan fingerprint density at radius 1 is 1.50 bits per heavy atom. The van der Waals surface area contributed by atoms with Crippen LogP contribution in [0.15, 0.2) is 23.8 Å². The topological polar surface area (TPSA) is 23.8 Å². The number of rotatable bonds is 0. The molecule has 0 N–H and O–H groups in total. The summed E-state index contributed by atoms with van der Waals surface area (Å²) in [5.74, 6) is 0.578. The zero-order valence-corrected chi connectivity index (χ0v) is 7.96. The maximum Gasteiger partial charge on any atom is 0.0988 e. The molecule has 1 atom stereocenters. The van der Waals surface area contributed by atoms with E-state index in [0.717, 1.165) is 12.0 Å². The molecule has 1 nitrogen and oxygen atoms in total. The Bertz CT molecular complexity index is 258. The minimum Gasteiger partial charge on any atom is -0.192 e. The molecular weight excluding hydrogens is 146 g/mol. The normalized spacial score (nSPS) is 23.2. The van der Waals surface area contributed by atoms with E-state index in [9.17, 15) is 0 Å². The number of nitrogens with zero attached hydrogens (tertiary/aromatic N) is 1. The summed E-state index contributed by atoms with van der Waals surface area (Å²) in [6, 6.07) is 2.15. The Labute approximate surface area is 74.4 Å². The van der Waals surface area contributed by atoms with Gasteiger partial charge >= 0.3 is 0 Å². The molecule has 0 spiro atoms. The molecule has 64 valence electrons. The van der Waals surface area contributed by atoms with Gasteiger partial charge in [0, 0.05) is 5.57 Å². The highest BCUT2D eigenvalue weighted by Gasteiger charge is 2.22. The molecule has 12 heavy (non-hydrogen) atoms. The zero-order valence-electron chi connectivity index (χ0n) is 7.96. The Morgan fingerprint density at radius 2 is 2.17 bits per heavy atom. The third-order valence-corrected chi connectivity index (χ3v) is 2.34. The van der Waals surface area contributed by atoms with Crippen molar-refractivity contribution in [3.05, 3.63) is 23.8 Å². The lowest BCUT2D eigenvalue weighted by molar-refractivity contribution is 0.293. The molecule has 0 radical (unpaired) electrons. The molecule has 0 bridgehead atoms. The fourth-order valence-electron chi connectivity index (χ4n) is 1.35. The largest absolute Gasteiger partial charge is 0.192 e. The second kappa shape index (κ2) is 3.15. The van der Waals surface area contributed by atoms with Gasteiger partial charge in [0.15, 0.2) is 0 Å². The highest BCUT2D eigenvalue weighted by atomic mass is 14.3. The predicted molar refractivity (Wildman–Crippen MR) is 50.4 cm³/mol. The van der Waals surface area contributed by atoms with Crippen LogP contribution in [0.25, 0.3) is 0 Å². The Morgan fingerprint density at radius 3 is 2.50 bits per heavy atom. The van der Waals surface area contributed by atoms with Gasteiger partial charge in [0.2, 0.25) is 0 Å². The van der Waals surface area contributed by atoms with Crippen LogP contribution >= 0.6 is 0 Å². The summed E-state index contributed by atoms with van der Waals surface area (Å²) in [6.45, 7) is 6.69. The standard InChI is InChI=1S/C11H15N/c1-11(2,3)10-6-4-9(8-12)5-7-10/h4-6,10H,7H2,1-3H3. The van der Waals surface area contributed by atoms with Gasteiger partial charge in [-0.05, 0) is 23.8 Å². The lowest BCUT2D eigenvalue weighted by Gasteiger charge is -2.28. The fraction of sp³-hybridized carbons (Fsp3) is 0.545. The van der Waals surface area contributed by atoms with E-state index in [1.165, 1.54) is 0 Å². The van der Waals surface area contributed by atoms with Crippen LogP contribution in [-0.4, -0.2) is 0 Å². The van der Waals surface area contributed by atoms with Gasteiger partial charge in [-0.2, -0.15) is 5.26 Å². The first-order chi connectivity index (χ1) is 5.54. The third-order valence-electron chi connectivity index (χ3n) is 2.34. The molecule has 0 saturated heterocycles. The molecule has 0 aromatic carbocycles. The first-order valence-corrected chi connectivity index (χ1v) is 4.32. The molecule has 0 amide bonds. The van der Waals surface area contributed by atoms with Gasteiger partial charge in [0.1, 0.15) is 0 Å². The number of hydrogen-bond donors (Lipinski definition) is 0. The highest BCUT2D eigenvalue weighted by molar-refractivity contribution is 5.35. The van der Waals surface area contributed by atoms with Crippen molar-refractivity contribution in [3.8, 4) is 6.07 Å². The van der Waals surface area contributed by atoms with Crippen LogP contribution in [0.5, 0.6) is 0 Å². The second-order valence-electron chi connectivity index (χ2n) is 4.34. The van der Waals surface area contributed by atoms with E-state index in [0.29, 0.717) is 11.3 Å². The predicted octanol–water partition coefficient (Wildman–Crippen LogP) is 3.06. The van der Waals surface area contributed by atoms with Crippen LogP contribution in [0.1, 0.15) is 27.2 Å². The van der Waals surface area contributed by atoms with Crippen molar-refractivity contribution in [2.24, 2.45) is 11.3 Å². The Balaban J connectivity index is 2.68. The minimum atomic E-state index is 0.313. The molecule has 1 heteroatoms. The Kier molecular flexibility index (Phi) is 2.38. The van der Waals surface area contributed by atoms with Crippen molar-refractivity contribution in [3.63, 3.8) is 0 Å². The summed E-state index contributed by atoms with van der Waals surface area (Å²) in [7, 11) is 0. The molecule has 0 aromatic heterocycles. The first kappa shape index (κ1) is 9.06. The average Bonchev–Trinajstić information content (AvgIpc) is 2.03. The van der Waals surface area contributed by atoms with Crippen LogP contribution in [-0.2, 0) is 0 Å². The minimum absolute atomic E-state index is 0.313. The molecule has 0 fully saturated rings. The van der Waals surface area contributed by atoms with Crippen LogP contribution in [0.4, 0.5) is 0 Å². The summed E-state index contributed by atoms with van der Waals surface area (Å²) in [5.41, 5.74) is 1.11. The summed E-state index contributed by atoms with van der Waals surface area (Å²) >= 11 is 0. The van der Waals surface area contributed by atoms with Gasteiger partial charge in [-0.15, -0.1) is 0 Å². The molecule has 1 unspecified atom stereocenters. The van der Waals surface area contributed by atoms with E-state index in [-0.39, 0.29) is 0 Å². The van der Waals surface area contributed by atoms with E-state index in [1.54, 1.807) is 0 Å². The maximum atomic E-state index is 8.61. The van der Waals surface area contributed by atoms with E-state index >= 15 is 0 Å². The average molecular weight is 161 g/mol. The SMILES string of the molecule is CC(C)(C)C1C=CC(C#N)=CC1. The molecule has 1 rings (SSSR count). The van der Waals surface area contributed by atoms with Crippen LogP contribution < -0.4 is 0 Å². The van der Waals surface area contributed by atoms with Crippen molar-refractivity contribution in [2.45, 2.75) is 27.2 Å². The van der Waals surface area contributed by atoms with Crippen molar-refractivity contribution in [1.29, 1.82) is 5.26 Å². The van der Waals surface area contributed by atoms with Crippen molar-refractivity contribution in [1.82, 2.24) is 0 Å². The fourth-order valence-corrected chi connectivity index (χ4v) is 1.35. The summed E-state index contributed by atoms with van der Waals surface area (Å²) in [4.78, 5) is 0. The van der Waals surface area contributed by atoms with E-state index in [1.807, 2.05) is 12.2 Å². The molecule has 1 aliphatic carbocycles. The quantitative estimate of drug-likeness (QED) is 0.535. The summed E-state index contributed by atoms with van der Waals surface area (Å²) in [5, 5.41) is 8.61. The van der Waals surface area contributed by atoms with Crippen LogP contribution in [0.2, 0.25) is 0 Å². The lowest BCUT2D eigenvalue weighted by Crippen LogP contribution is -2.19. The highest BCUT2D eigenvalue weighted by Crippen LogP contribution is 2.32. The molecular formula is C11H15N. The number of nitriles is 1.